The van der Waals surface area contributed by atoms with Gasteiger partial charge >= 0.3 is 0 Å². The Bertz CT molecular complexity index is 553. The highest BCUT2D eigenvalue weighted by Gasteiger charge is 2.12. The smallest absolute Gasteiger partial charge is 0.122 e. The van der Waals surface area contributed by atoms with Crippen LogP contribution in [0.2, 0.25) is 0 Å². The summed E-state index contributed by atoms with van der Waals surface area (Å²) in [5, 5.41) is 0. The molecule has 0 aliphatic heterocycles. The SMILES string of the molecule is Cc1cc(C)cc(C(N)CN(C)Cc2nccn2C)c1. The average Bonchev–Trinajstić information content (AvgIpc) is 2.73. The van der Waals surface area contributed by atoms with Crippen LogP contribution in [0.5, 0.6) is 0 Å². The molecular weight excluding hydrogens is 248 g/mol. The van der Waals surface area contributed by atoms with E-state index < -0.39 is 0 Å². The van der Waals surface area contributed by atoms with E-state index in [2.05, 4.69) is 49.0 Å². The second-order valence-corrected chi connectivity index (χ2v) is 5.68. The average molecular weight is 272 g/mol. The van der Waals surface area contributed by atoms with Gasteiger partial charge in [-0.15, -0.1) is 0 Å². The second-order valence-electron chi connectivity index (χ2n) is 5.68. The predicted molar refractivity (Wildman–Crippen MR) is 82.4 cm³/mol. The lowest BCUT2D eigenvalue weighted by Crippen LogP contribution is -2.29. The maximum Gasteiger partial charge on any atom is 0.122 e. The van der Waals surface area contributed by atoms with Crippen LogP contribution in [-0.2, 0) is 13.6 Å². The van der Waals surface area contributed by atoms with Gasteiger partial charge < -0.3 is 10.3 Å². The van der Waals surface area contributed by atoms with Gasteiger partial charge in [0.1, 0.15) is 5.82 Å². The first kappa shape index (κ1) is 14.8. The standard InChI is InChI=1S/C16H24N4/c1-12-7-13(2)9-14(8-12)15(17)10-19(3)11-16-18-5-6-20(16)4/h5-9,15H,10-11,17H2,1-4H3. The number of hydrogen-bond donors (Lipinski definition) is 1. The molecule has 2 aromatic rings. The summed E-state index contributed by atoms with van der Waals surface area (Å²) in [4.78, 5) is 6.56. The van der Waals surface area contributed by atoms with E-state index in [1.807, 2.05) is 24.0 Å². The van der Waals surface area contributed by atoms with E-state index >= 15 is 0 Å². The fourth-order valence-electron chi connectivity index (χ4n) is 2.52. The summed E-state index contributed by atoms with van der Waals surface area (Å²) in [6.07, 6.45) is 3.79. The van der Waals surface area contributed by atoms with Gasteiger partial charge in [-0.1, -0.05) is 29.3 Å². The Hall–Kier alpha value is -1.65. The molecule has 0 amide bonds. The second kappa shape index (κ2) is 6.20. The van der Waals surface area contributed by atoms with Crippen molar-refractivity contribution >= 4 is 0 Å². The molecule has 2 N–H and O–H groups in total. The monoisotopic (exact) mass is 272 g/mol. The van der Waals surface area contributed by atoms with Gasteiger partial charge in [0.05, 0.1) is 6.54 Å². The maximum absolute atomic E-state index is 6.33. The molecule has 1 aromatic heterocycles. The number of rotatable bonds is 5. The van der Waals surface area contributed by atoms with Crippen LogP contribution in [0.1, 0.15) is 28.6 Å². The minimum Gasteiger partial charge on any atom is -0.337 e. The highest BCUT2D eigenvalue weighted by molar-refractivity contribution is 5.30. The molecule has 1 heterocycles. The van der Waals surface area contributed by atoms with E-state index in [-0.39, 0.29) is 6.04 Å². The van der Waals surface area contributed by atoms with Crippen molar-refractivity contribution < 1.29 is 0 Å². The van der Waals surface area contributed by atoms with Gasteiger partial charge in [-0.05, 0) is 26.5 Å². The van der Waals surface area contributed by atoms with Crippen LogP contribution in [0.25, 0.3) is 0 Å². The summed E-state index contributed by atoms with van der Waals surface area (Å²) < 4.78 is 2.04. The fourth-order valence-corrected chi connectivity index (χ4v) is 2.52. The van der Waals surface area contributed by atoms with Crippen molar-refractivity contribution in [1.29, 1.82) is 0 Å². The molecule has 0 fully saturated rings. The zero-order valence-electron chi connectivity index (χ0n) is 12.8. The molecular formula is C16H24N4. The molecule has 1 unspecified atom stereocenters. The van der Waals surface area contributed by atoms with Crippen molar-refractivity contribution in [3.05, 3.63) is 53.1 Å². The lowest BCUT2D eigenvalue weighted by atomic mass is 10.0. The molecule has 4 nitrogen and oxygen atoms in total. The molecule has 4 heteroatoms. The summed E-state index contributed by atoms with van der Waals surface area (Å²) in [5.41, 5.74) is 10.1. The van der Waals surface area contributed by atoms with E-state index in [1.54, 1.807) is 0 Å². The molecule has 0 spiro atoms. The van der Waals surface area contributed by atoms with Crippen molar-refractivity contribution in [2.24, 2.45) is 12.8 Å². The zero-order chi connectivity index (χ0) is 14.7. The van der Waals surface area contributed by atoms with Crippen LogP contribution in [-0.4, -0.2) is 28.0 Å². The van der Waals surface area contributed by atoms with E-state index in [1.165, 1.54) is 16.7 Å². The normalized spacial score (nSPS) is 12.9. The Morgan fingerprint density at radius 2 is 1.90 bits per heavy atom. The Morgan fingerprint density at radius 3 is 2.45 bits per heavy atom. The molecule has 0 aliphatic rings. The van der Waals surface area contributed by atoms with Crippen LogP contribution < -0.4 is 5.73 Å². The van der Waals surface area contributed by atoms with Gasteiger partial charge in [0.25, 0.3) is 0 Å². The summed E-state index contributed by atoms with van der Waals surface area (Å²) in [7, 11) is 4.09. The number of benzene rings is 1. The minimum absolute atomic E-state index is 0.0267. The van der Waals surface area contributed by atoms with E-state index in [0.717, 1.165) is 18.9 Å². The van der Waals surface area contributed by atoms with Gasteiger partial charge in [-0.25, -0.2) is 4.98 Å². The molecule has 0 radical (unpaired) electrons. The highest BCUT2D eigenvalue weighted by atomic mass is 15.2. The first-order valence-electron chi connectivity index (χ1n) is 6.94. The summed E-state index contributed by atoms with van der Waals surface area (Å²) in [6, 6.07) is 6.55. The molecule has 1 atom stereocenters. The molecule has 0 aliphatic carbocycles. The van der Waals surface area contributed by atoms with Crippen LogP contribution in [0, 0.1) is 13.8 Å². The third-order valence-electron chi connectivity index (χ3n) is 3.51. The van der Waals surface area contributed by atoms with Crippen molar-refractivity contribution in [1.82, 2.24) is 14.5 Å². The largest absolute Gasteiger partial charge is 0.337 e. The van der Waals surface area contributed by atoms with Crippen molar-refractivity contribution in [2.45, 2.75) is 26.4 Å². The molecule has 0 saturated carbocycles. The van der Waals surface area contributed by atoms with Gasteiger partial charge in [0.2, 0.25) is 0 Å². The quantitative estimate of drug-likeness (QED) is 0.907. The first-order valence-corrected chi connectivity index (χ1v) is 6.94. The Labute approximate surface area is 121 Å². The van der Waals surface area contributed by atoms with Gasteiger partial charge in [-0.2, -0.15) is 0 Å². The molecule has 20 heavy (non-hydrogen) atoms. The number of hydrogen-bond acceptors (Lipinski definition) is 3. The summed E-state index contributed by atoms with van der Waals surface area (Å²) >= 11 is 0. The first-order chi connectivity index (χ1) is 9.45. The van der Waals surface area contributed by atoms with Gasteiger partial charge in [-0.3, -0.25) is 4.90 Å². The molecule has 0 saturated heterocycles. The number of nitrogens with two attached hydrogens (primary N) is 1. The minimum atomic E-state index is 0.0267. The molecule has 1 aromatic carbocycles. The number of imidazole rings is 1. The van der Waals surface area contributed by atoms with Crippen molar-refractivity contribution in [3.8, 4) is 0 Å². The topological polar surface area (TPSA) is 47.1 Å². The van der Waals surface area contributed by atoms with Crippen LogP contribution in [0.4, 0.5) is 0 Å². The lowest BCUT2D eigenvalue weighted by Gasteiger charge is -2.22. The highest BCUT2D eigenvalue weighted by Crippen LogP contribution is 2.16. The number of aryl methyl sites for hydroxylation is 3. The van der Waals surface area contributed by atoms with E-state index in [0.29, 0.717) is 0 Å². The lowest BCUT2D eigenvalue weighted by molar-refractivity contribution is 0.295. The Balaban J connectivity index is 2.00. The Morgan fingerprint density at radius 1 is 1.25 bits per heavy atom. The van der Waals surface area contributed by atoms with Gasteiger partial charge in [0, 0.05) is 32.0 Å². The van der Waals surface area contributed by atoms with E-state index in [4.69, 9.17) is 5.73 Å². The zero-order valence-corrected chi connectivity index (χ0v) is 12.8. The van der Waals surface area contributed by atoms with Crippen molar-refractivity contribution in [3.63, 3.8) is 0 Å². The van der Waals surface area contributed by atoms with Crippen LogP contribution in [0.15, 0.2) is 30.6 Å². The summed E-state index contributed by atoms with van der Waals surface area (Å²) in [6.45, 7) is 5.85. The number of nitrogens with zero attached hydrogens (tertiary/aromatic N) is 3. The predicted octanol–water partition coefficient (Wildman–Crippen LogP) is 2.17. The Kier molecular flexibility index (Phi) is 4.57. The maximum atomic E-state index is 6.33. The molecule has 2 rings (SSSR count). The summed E-state index contributed by atoms with van der Waals surface area (Å²) in [5.74, 6) is 1.06. The molecule has 108 valence electrons. The molecule has 0 bridgehead atoms. The van der Waals surface area contributed by atoms with Crippen LogP contribution in [0.3, 0.4) is 0 Å². The van der Waals surface area contributed by atoms with E-state index in [9.17, 15) is 0 Å². The van der Waals surface area contributed by atoms with Crippen LogP contribution >= 0.6 is 0 Å². The number of likely N-dealkylation sites (N-methyl/N-ethyl adjacent to an activating group) is 1. The number of aromatic nitrogens is 2. The van der Waals surface area contributed by atoms with Crippen molar-refractivity contribution in [2.75, 3.05) is 13.6 Å². The van der Waals surface area contributed by atoms with Gasteiger partial charge in [0.15, 0.2) is 0 Å². The third kappa shape index (κ3) is 3.68. The fraction of sp³-hybridized carbons (Fsp3) is 0.438. The third-order valence-corrected chi connectivity index (χ3v) is 3.51.